The Bertz CT molecular complexity index is 948. The molecule has 1 heterocycles. The summed E-state index contributed by atoms with van der Waals surface area (Å²) in [5, 5.41) is 2.99. The SMILES string of the molecule is CCCC(=O)NCCCc1nc2ccccc2n1CCCCOc1cccc(C)c1. The zero-order valence-electron chi connectivity index (χ0n) is 18.2. The van der Waals surface area contributed by atoms with Crippen molar-refractivity contribution in [3.63, 3.8) is 0 Å². The van der Waals surface area contributed by atoms with Gasteiger partial charge in [-0.2, -0.15) is 0 Å². The van der Waals surface area contributed by atoms with Gasteiger partial charge in [-0.05, 0) is 62.4 Å². The lowest BCUT2D eigenvalue weighted by atomic mass is 10.2. The second-order valence-corrected chi connectivity index (χ2v) is 7.74. The van der Waals surface area contributed by atoms with Crippen LogP contribution in [0.4, 0.5) is 0 Å². The van der Waals surface area contributed by atoms with Crippen LogP contribution in [0.15, 0.2) is 48.5 Å². The molecule has 3 aromatic rings. The summed E-state index contributed by atoms with van der Waals surface area (Å²) in [5.41, 5.74) is 3.44. The first-order valence-electron chi connectivity index (χ1n) is 11.1. The Balaban J connectivity index is 1.51. The highest BCUT2D eigenvalue weighted by Crippen LogP contribution is 2.18. The minimum absolute atomic E-state index is 0.139. The number of aryl methyl sites for hydroxylation is 3. The van der Waals surface area contributed by atoms with E-state index in [-0.39, 0.29) is 5.91 Å². The van der Waals surface area contributed by atoms with Crippen molar-refractivity contribution >= 4 is 16.9 Å². The molecule has 0 saturated carbocycles. The van der Waals surface area contributed by atoms with E-state index in [9.17, 15) is 4.79 Å². The fraction of sp³-hybridized carbons (Fsp3) is 0.440. The summed E-state index contributed by atoms with van der Waals surface area (Å²) in [6.07, 6.45) is 5.27. The lowest BCUT2D eigenvalue weighted by Gasteiger charge is -2.11. The lowest BCUT2D eigenvalue weighted by molar-refractivity contribution is -0.121. The zero-order valence-corrected chi connectivity index (χ0v) is 18.2. The Morgan fingerprint density at radius 1 is 1.10 bits per heavy atom. The molecule has 3 rings (SSSR count). The van der Waals surface area contributed by atoms with Crippen molar-refractivity contribution in [1.82, 2.24) is 14.9 Å². The van der Waals surface area contributed by atoms with Gasteiger partial charge in [0, 0.05) is 25.9 Å². The maximum absolute atomic E-state index is 11.6. The molecule has 0 unspecified atom stereocenters. The molecular weight excluding hydrogens is 374 g/mol. The summed E-state index contributed by atoms with van der Waals surface area (Å²) in [6, 6.07) is 16.5. The summed E-state index contributed by atoms with van der Waals surface area (Å²) in [6.45, 7) is 6.44. The Kier molecular flexibility index (Phi) is 8.30. The summed E-state index contributed by atoms with van der Waals surface area (Å²) >= 11 is 0. The average molecular weight is 408 g/mol. The molecule has 1 aromatic heterocycles. The molecule has 2 aromatic carbocycles. The number of benzene rings is 2. The van der Waals surface area contributed by atoms with Gasteiger partial charge in [-0.1, -0.05) is 31.2 Å². The summed E-state index contributed by atoms with van der Waals surface area (Å²) in [7, 11) is 0. The van der Waals surface area contributed by atoms with Crippen molar-refractivity contribution in [2.24, 2.45) is 0 Å². The molecule has 0 saturated heterocycles. The van der Waals surface area contributed by atoms with E-state index >= 15 is 0 Å². The molecule has 160 valence electrons. The van der Waals surface area contributed by atoms with Gasteiger partial charge >= 0.3 is 0 Å². The first-order chi connectivity index (χ1) is 14.7. The van der Waals surface area contributed by atoms with Crippen molar-refractivity contribution < 1.29 is 9.53 Å². The van der Waals surface area contributed by atoms with Gasteiger partial charge in [0.2, 0.25) is 5.91 Å². The number of nitrogens with one attached hydrogen (secondary N) is 1. The number of carbonyl (C=O) groups is 1. The highest BCUT2D eigenvalue weighted by Gasteiger charge is 2.10. The Hall–Kier alpha value is -2.82. The molecule has 0 atom stereocenters. The molecule has 0 fully saturated rings. The van der Waals surface area contributed by atoms with Crippen LogP contribution in [-0.4, -0.2) is 28.6 Å². The van der Waals surface area contributed by atoms with Gasteiger partial charge in [0.1, 0.15) is 11.6 Å². The van der Waals surface area contributed by atoms with E-state index in [0.29, 0.717) is 13.0 Å². The van der Waals surface area contributed by atoms with Crippen molar-refractivity contribution in [3.05, 3.63) is 59.9 Å². The standard InChI is InChI=1S/C25H33N3O2/c1-3-10-25(29)26-16-9-15-24-27-22-13-4-5-14-23(22)28(24)17-6-7-18-30-21-12-8-11-20(2)19-21/h4-5,8,11-14,19H,3,6-7,9-10,15-18H2,1-2H3,(H,26,29). The first-order valence-corrected chi connectivity index (χ1v) is 11.1. The minimum Gasteiger partial charge on any atom is -0.494 e. The fourth-order valence-electron chi connectivity index (χ4n) is 3.62. The largest absolute Gasteiger partial charge is 0.494 e. The highest BCUT2D eigenvalue weighted by atomic mass is 16.5. The van der Waals surface area contributed by atoms with Gasteiger partial charge in [-0.3, -0.25) is 4.79 Å². The van der Waals surface area contributed by atoms with Gasteiger partial charge in [-0.25, -0.2) is 4.98 Å². The fourth-order valence-corrected chi connectivity index (χ4v) is 3.62. The third-order valence-corrected chi connectivity index (χ3v) is 5.14. The van der Waals surface area contributed by atoms with Gasteiger partial charge in [0.15, 0.2) is 0 Å². The van der Waals surface area contributed by atoms with Crippen LogP contribution in [0.2, 0.25) is 0 Å². The predicted molar refractivity (Wildman–Crippen MR) is 122 cm³/mol. The number of imidazole rings is 1. The molecule has 0 radical (unpaired) electrons. The van der Waals surface area contributed by atoms with Crippen molar-refractivity contribution in [1.29, 1.82) is 0 Å². The minimum atomic E-state index is 0.139. The van der Waals surface area contributed by atoms with Crippen LogP contribution in [0.5, 0.6) is 5.75 Å². The van der Waals surface area contributed by atoms with E-state index in [4.69, 9.17) is 9.72 Å². The number of nitrogens with zero attached hydrogens (tertiary/aromatic N) is 2. The molecule has 1 amide bonds. The smallest absolute Gasteiger partial charge is 0.219 e. The number of aromatic nitrogens is 2. The van der Waals surface area contributed by atoms with E-state index in [0.717, 1.165) is 62.3 Å². The topological polar surface area (TPSA) is 56.2 Å². The van der Waals surface area contributed by atoms with E-state index in [2.05, 4.69) is 47.1 Å². The number of amides is 1. The van der Waals surface area contributed by atoms with Crippen LogP contribution >= 0.6 is 0 Å². The highest BCUT2D eigenvalue weighted by molar-refractivity contribution is 5.76. The Morgan fingerprint density at radius 3 is 2.80 bits per heavy atom. The third-order valence-electron chi connectivity index (χ3n) is 5.14. The van der Waals surface area contributed by atoms with Crippen molar-refractivity contribution in [2.75, 3.05) is 13.2 Å². The molecule has 0 bridgehead atoms. The molecule has 30 heavy (non-hydrogen) atoms. The molecule has 0 aliphatic heterocycles. The number of hydrogen-bond acceptors (Lipinski definition) is 3. The average Bonchev–Trinajstić information content (AvgIpc) is 3.09. The van der Waals surface area contributed by atoms with E-state index < -0.39 is 0 Å². The third kappa shape index (κ3) is 6.34. The number of fused-ring (bicyclic) bond motifs is 1. The monoisotopic (exact) mass is 407 g/mol. The molecule has 1 N–H and O–H groups in total. The van der Waals surface area contributed by atoms with Crippen molar-refractivity contribution in [2.45, 2.75) is 58.9 Å². The zero-order chi connectivity index (χ0) is 21.2. The van der Waals surface area contributed by atoms with E-state index in [1.165, 1.54) is 11.1 Å². The van der Waals surface area contributed by atoms with Crippen molar-refractivity contribution in [3.8, 4) is 5.75 Å². The van der Waals surface area contributed by atoms with Crippen LogP contribution in [0.1, 0.15) is 50.4 Å². The van der Waals surface area contributed by atoms with Gasteiger partial charge in [0.25, 0.3) is 0 Å². The number of rotatable bonds is 12. The molecule has 0 spiro atoms. The van der Waals surface area contributed by atoms with Crippen LogP contribution in [0.3, 0.4) is 0 Å². The lowest BCUT2D eigenvalue weighted by Crippen LogP contribution is -2.24. The summed E-state index contributed by atoms with van der Waals surface area (Å²) in [5.74, 6) is 2.18. The summed E-state index contributed by atoms with van der Waals surface area (Å²) < 4.78 is 8.21. The van der Waals surface area contributed by atoms with Crippen LogP contribution < -0.4 is 10.1 Å². The van der Waals surface area contributed by atoms with Gasteiger partial charge in [-0.15, -0.1) is 0 Å². The van der Waals surface area contributed by atoms with Gasteiger partial charge in [0.05, 0.1) is 17.6 Å². The normalized spacial score (nSPS) is 11.0. The molecule has 5 nitrogen and oxygen atoms in total. The maximum atomic E-state index is 11.6. The quantitative estimate of drug-likeness (QED) is 0.427. The Morgan fingerprint density at radius 2 is 1.97 bits per heavy atom. The van der Waals surface area contributed by atoms with Crippen LogP contribution in [0.25, 0.3) is 11.0 Å². The number of ether oxygens (including phenoxy) is 1. The second-order valence-electron chi connectivity index (χ2n) is 7.74. The van der Waals surface area contributed by atoms with Crippen LogP contribution in [0, 0.1) is 6.92 Å². The maximum Gasteiger partial charge on any atom is 0.219 e. The molecule has 0 aliphatic carbocycles. The number of hydrogen-bond donors (Lipinski definition) is 1. The van der Waals surface area contributed by atoms with Gasteiger partial charge < -0.3 is 14.6 Å². The van der Waals surface area contributed by atoms with Crippen LogP contribution in [-0.2, 0) is 17.8 Å². The number of unbranched alkanes of at least 4 members (excludes halogenated alkanes) is 1. The van der Waals surface area contributed by atoms with E-state index in [1.807, 2.05) is 25.1 Å². The molecule has 0 aliphatic rings. The molecule has 5 heteroatoms. The predicted octanol–water partition coefficient (Wildman–Crippen LogP) is 5.05. The number of para-hydroxylation sites is 2. The van der Waals surface area contributed by atoms with E-state index in [1.54, 1.807) is 0 Å². The summed E-state index contributed by atoms with van der Waals surface area (Å²) in [4.78, 5) is 16.5. The first kappa shape index (κ1) is 21.9. The Labute approximate surface area is 179 Å². The second kappa shape index (κ2) is 11.4. The number of carbonyl (C=O) groups excluding carboxylic acids is 1. The molecular formula is C25H33N3O2.